The zero-order chi connectivity index (χ0) is 16.7. The van der Waals surface area contributed by atoms with Crippen LogP contribution in [0.4, 0.5) is 0 Å². The van der Waals surface area contributed by atoms with Gasteiger partial charge in [-0.2, -0.15) is 0 Å². The maximum Gasteiger partial charge on any atom is 0.234 e. The summed E-state index contributed by atoms with van der Waals surface area (Å²) in [6, 6.07) is 10.1. The van der Waals surface area contributed by atoms with E-state index in [0.29, 0.717) is 31.0 Å². The summed E-state index contributed by atoms with van der Waals surface area (Å²) in [6.45, 7) is 6.29. The van der Waals surface area contributed by atoms with Crippen LogP contribution in [0, 0.1) is 11.8 Å². The van der Waals surface area contributed by atoms with Gasteiger partial charge in [-0.25, -0.2) is 0 Å². The molecule has 128 valence electrons. The van der Waals surface area contributed by atoms with Crippen LogP contribution in [-0.4, -0.2) is 43.6 Å². The highest BCUT2D eigenvalue weighted by Crippen LogP contribution is 2.29. The maximum atomic E-state index is 12.2. The molecule has 0 radical (unpaired) electrons. The van der Waals surface area contributed by atoms with Gasteiger partial charge in [0, 0.05) is 12.6 Å². The first kappa shape index (κ1) is 17.8. The molecule has 0 saturated heterocycles. The predicted molar refractivity (Wildman–Crippen MR) is 93.5 cm³/mol. The predicted octanol–water partition coefficient (Wildman–Crippen LogP) is 2.94. The van der Waals surface area contributed by atoms with Gasteiger partial charge in [-0.1, -0.05) is 44.9 Å². The maximum absolute atomic E-state index is 12.2. The fourth-order valence-electron chi connectivity index (χ4n) is 3.20. The molecule has 0 spiro atoms. The summed E-state index contributed by atoms with van der Waals surface area (Å²) in [5.41, 5.74) is 0. The van der Waals surface area contributed by atoms with E-state index in [1.54, 1.807) is 0 Å². The highest BCUT2D eigenvalue weighted by atomic mass is 16.5. The molecule has 1 aliphatic rings. The topological polar surface area (TPSA) is 41.6 Å². The normalized spacial score (nSPS) is 24.4. The van der Waals surface area contributed by atoms with Crippen LogP contribution in [0.15, 0.2) is 30.3 Å². The molecule has 1 aliphatic carbocycles. The Morgan fingerprint density at radius 1 is 1.26 bits per heavy atom. The lowest BCUT2D eigenvalue weighted by molar-refractivity contribution is -0.123. The second kappa shape index (κ2) is 8.92. The van der Waals surface area contributed by atoms with Crippen LogP contribution in [-0.2, 0) is 4.79 Å². The molecule has 1 N–H and O–H groups in total. The number of carbonyl (C=O) groups is 1. The molecule has 0 unspecified atom stereocenters. The third-order valence-corrected chi connectivity index (χ3v) is 4.95. The van der Waals surface area contributed by atoms with Crippen molar-refractivity contribution in [3.05, 3.63) is 30.3 Å². The quantitative estimate of drug-likeness (QED) is 0.840. The van der Waals surface area contributed by atoms with Gasteiger partial charge in [-0.05, 0) is 37.4 Å². The largest absolute Gasteiger partial charge is 0.492 e. The first-order chi connectivity index (χ1) is 11.1. The van der Waals surface area contributed by atoms with E-state index in [9.17, 15) is 4.79 Å². The van der Waals surface area contributed by atoms with Gasteiger partial charge >= 0.3 is 0 Å². The van der Waals surface area contributed by atoms with Crippen LogP contribution in [0.5, 0.6) is 5.75 Å². The number of nitrogens with one attached hydrogen (secondary N) is 1. The van der Waals surface area contributed by atoms with E-state index in [1.807, 2.05) is 42.3 Å². The van der Waals surface area contributed by atoms with Gasteiger partial charge in [0.05, 0.1) is 6.54 Å². The van der Waals surface area contributed by atoms with E-state index in [0.717, 1.165) is 18.7 Å². The number of ether oxygens (including phenoxy) is 1. The molecule has 1 aromatic carbocycles. The van der Waals surface area contributed by atoms with Gasteiger partial charge in [-0.3, -0.25) is 9.69 Å². The monoisotopic (exact) mass is 318 g/mol. The van der Waals surface area contributed by atoms with Crippen LogP contribution in [0.2, 0.25) is 0 Å². The van der Waals surface area contributed by atoms with Gasteiger partial charge in [0.1, 0.15) is 12.4 Å². The second-order valence-electron chi connectivity index (χ2n) is 6.84. The molecule has 3 atom stereocenters. The van der Waals surface area contributed by atoms with E-state index in [1.165, 1.54) is 12.8 Å². The van der Waals surface area contributed by atoms with E-state index in [4.69, 9.17) is 4.74 Å². The lowest BCUT2D eigenvalue weighted by atomic mass is 9.78. The second-order valence-corrected chi connectivity index (χ2v) is 6.84. The molecule has 1 fully saturated rings. The lowest BCUT2D eigenvalue weighted by Gasteiger charge is -2.35. The Kier molecular flexibility index (Phi) is 6.90. The Labute approximate surface area is 140 Å². The molecule has 1 amide bonds. The minimum absolute atomic E-state index is 0.123. The van der Waals surface area contributed by atoms with Crippen molar-refractivity contribution >= 4 is 5.91 Å². The molecule has 1 aromatic rings. The Morgan fingerprint density at radius 3 is 2.74 bits per heavy atom. The highest BCUT2D eigenvalue weighted by Gasteiger charge is 2.28. The molecule has 0 heterocycles. The average Bonchev–Trinajstić information content (AvgIpc) is 2.53. The summed E-state index contributed by atoms with van der Waals surface area (Å²) in [5.74, 6) is 2.26. The van der Waals surface area contributed by atoms with Gasteiger partial charge in [0.2, 0.25) is 5.91 Å². The first-order valence-electron chi connectivity index (χ1n) is 8.72. The van der Waals surface area contributed by atoms with Gasteiger partial charge < -0.3 is 10.1 Å². The Bertz CT molecular complexity index is 478. The number of benzene rings is 1. The number of hydrogen-bond donors (Lipinski definition) is 1. The van der Waals surface area contributed by atoms with Crippen LogP contribution in [0.3, 0.4) is 0 Å². The van der Waals surface area contributed by atoms with Crippen molar-refractivity contribution in [2.24, 2.45) is 11.8 Å². The van der Waals surface area contributed by atoms with Gasteiger partial charge in [0.15, 0.2) is 0 Å². The third kappa shape index (κ3) is 5.87. The van der Waals surface area contributed by atoms with Crippen molar-refractivity contribution in [2.45, 2.75) is 39.2 Å². The number of amides is 1. The van der Waals surface area contributed by atoms with Crippen molar-refractivity contribution in [3.63, 3.8) is 0 Å². The zero-order valence-corrected chi connectivity index (χ0v) is 14.6. The Balaban J connectivity index is 1.66. The van der Waals surface area contributed by atoms with Crippen molar-refractivity contribution in [3.8, 4) is 5.75 Å². The SMILES string of the molecule is C[C@H]1[C@H](C)CCC[C@@H]1NC(=O)CN(C)CCOc1ccccc1. The number of likely N-dealkylation sites (N-methyl/N-ethyl adjacent to an activating group) is 1. The summed E-state index contributed by atoms with van der Waals surface area (Å²) < 4.78 is 5.67. The summed E-state index contributed by atoms with van der Waals surface area (Å²) in [5, 5.41) is 3.22. The average molecular weight is 318 g/mol. The van der Waals surface area contributed by atoms with Crippen LogP contribution in [0.25, 0.3) is 0 Å². The van der Waals surface area contributed by atoms with E-state index >= 15 is 0 Å². The van der Waals surface area contributed by atoms with Crippen LogP contribution >= 0.6 is 0 Å². The molecule has 0 bridgehead atoms. The van der Waals surface area contributed by atoms with Crippen LogP contribution in [0.1, 0.15) is 33.1 Å². The number of carbonyl (C=O) groups excluding carboxylic acids is 1. The number of para-hydroxylation sites is 1. The number of rotatable bonds is 7. The Morgan fingerprint density at radius 2 is 2.00 bits per heavy atom. The van der Waals surface area contributed by atoms with E-state index in [-0.39, 0.29) is 5.91 Å². The number of hydrogen-bond acceptors (Lipinski definition) is 3. The lowest BCUT2D eigenvalue weighted by Crippen LogP contribution is -2.47. The van der Waals surface area contributed by atoms with Crippen molar-refractivity contribution < 1.29 is 9.53 Å². The van der Waals surface area contributed by atoms with E-state index < -0.39 is 0 Å². The molecule has 23 heavy (non-hydrogen) atoms. The minimum Gasteiger partial charge on any atom is -0.492 e. The summed E-state index contributed by atoms with van der Waals surface area (Å²) in [6.07, 6.45) is 3.61. The minimum atomic E-state index is 0.123. The third-order valence-electron chi connectivity index (χ3n) is 4.95. The van der Waals surface area contributed by atoms with Crippen molar-refractivity contribution in [2.75, 3.05) is 26.7 Å². The zero-order valence-electron chi connectivity index (χ0n) is 14.6. The van der Waals surface area contributed by atoms with Crippen molar-refractivity contribution in [1.29, 1.82) is 0 Å². The number of nitrogens with zero attached hydrogens (tertiary/aromatic N) is 1. The summed E-state index contributed by atoms with van der Waals surface area (Å²) >= 11 is 0. The smallest absolute Gasteiger partial charge is 0.234 e. The standard InChI is InChI=1S/C19H30N2O2/c1-15-8-7-11-18(16(15)2)20-19(22)14-21(3)12-13-23-17-9-5-4-6-10-17/h4-6,9-10,15-16,18H,7-8,11-14H2,1-3H3,(H,20,22)/t15-,16+,18+/m1/s1. The van der Waals surface area contributed by atoms with E-state index in [2.05, 4.69) is 19.2 Å². The molecular weight excluding hydrogens is 288 g/mol. The van der Waals surface area contributed by atoms with Gasteiger partial charge in [0.25, 0.3) is 0 Å². The first-order valence-corrected chi connectivity index (χ1v) is 8.72. The fourth-order valence-corrected chi connectivity index (χ4v) is 3.20. The van der Waals surface area contributed by atoms with Gasteiger partial charge in [-0.15, -0.1) is 0 Å². The summed E-state index contributed by atoms with van der Waals surface area (Å²) in [7, 11) is 1.96. The molecule has 2 rings (SSSR count). The van der Waals surface area contributed by atoms with Crippen LogP contribution < -0.4 is 10.1 Å². The summed E-state index contributed by atoms with van der Waals surface area (Å²) in [4.78, 5) is 14.2. The molecule has 4 nitrogen and oxygen atoms in total. The van der Waals surface area contributed by atoms with Crippen molar-refractivity contribution in [1.82, 2.24) is 10.2 Å². The molecule has 0 aromatic heterocycles. The molecule has 1 saturated carbocycles. The Hall–Kier alpha value is -1.55. The molecule has 0 aliphatic heterocycles. The fraction of sp³-hybridized carbons (Fsp3) is 0.632. The highest BCUT2D eigenvalue weighted by molar-refractivity contribution is 5.78. The molecule has 4 heteroatoms. The molecular formula is C19H30N2O2.